The Morgan fingerprint density at radius 3 is 2.59 bits per heavy atom. The van der Waals surface area contributed by atoms with Crippen molar-refractivity contribution in [2.75, 3.05) is 0 Å². The van der Waals surface area contributed by atoms with E-state index in [0.717, 1.165) is 25.7 Å². The van der Waals surface area contributed by atoms with Crippen molar-refractivity contribution in [1.29, 1.82) is 0 Å². The van der Waals surface area contributed by atoms with E-state index >= 15 is 0 Å². The number of benzene rings is 1. The van der Waals surface area contributed by atoms with Gasteiger partial charge in [0, 0.05) is 6.04 Å². The van der Waals surface area contributed by atoms with Gasteiger partial charge in [-0.3, -0.25) is 4.79 Å². The van der Waals surface area contributed by atoms with E-state index < -0.39 is 22.0 Å². The lowest BCUT2D eigenvalue weighted by Crippen LogP contribution is -2.48. The van der Waals surface area contributed by atoms with Crippen molar-refractivity contribution in [2.45, 2.75) is 49.1 Å². The maximum atomic E-state index is 13.1. The van der Waals surface area contributed by atoms with Crippen molar-refractivity contribution < 1.29 is 13.2 Å². The summed E-state index contributed by atoms with van der Waals surface area (Å²) in [7, 11) is -3.83. The first-order chi connectivity index (χ1) is 10.4. The van der Waals surface area contributed by atoms with Crippen LogP contribution in [0.1, 0.15) is 32.1 Å². The molecular formula is C15H19ClN2O3S. The Labute approximate surface area is 135 Å². The quantitative estimate of drug-likeness (QED) is 0.913. The minimum absolute atomic E-state index is 0.0501. The number of amides is 1. The molecule has 1 aliphatic heterocycles. The molecule has 5 nitrogen and oxygen atoms in total. The third kappa shape index (κ3) is 2.53. The first-order valence-corrected chi connectivity index (χ1v) is 9.32. The Hall–Kier alpha value is -1.11. The van der Waals surface area contributed by atoms with Crippen LogP contribution in [0.3, 0.4) is 0 Å². The second-order valence-corrected chi connectivity index (χ2v) is 8.25. The molecule has 0 spiro atoms. The van der Waals surface area contributed by atoms with Crippen LogP contribution in [0.25, 0.3) is 0 Å². The average Bonchev–Trinajstić information content (AvgIpc) is 2.88. The topological polar surface area (TPSA) is 80.5 Å². The number of hydrogen-bond acceptors (Lipinski definition) is 3. The van der Waals surface area contributed by atoms with E-state index in [1.807, 2.05) is 0 Å². The monoisotopic (exact) mass is 342 g/mol. The predicted octanol–water partition coefficient (Wildman–Crippen LogP) is 2.15. The van der Waals surface area contributed by atoms with E-state index in [0.29, 0.717) is 6.42 Å². The van der Waals surface area contributed by atoms with Crippen molar-refractivity contribution in [3.63, 3.8) is 0 Å². The standard InChI is InChI=1S/C15H19ClN2O3S/c16-11-6-2-4-8-14(11)22(20,21)18-12-7-3-1-5-10(12)9-13(18)15(17)19/h2,4,6,8,10,12-13H,1,3,5,7,9H2,(H2,17,19). The molecule has 120 valence electrons. The van der Waals surface area contributed by atoms with Crippen molar-refractivity contribution in [1.82, 2.24) is 4.31 Å². The summed E-state index contributed by atoms with van der Waals surface area (Å²) in [6, 6.07) is 5.42. The van der Waals surface area contributed by atoms with Gasteiger partial charge in [-0.1, -0.05) is 36.6 Å². The molecule has 1 aromatic rings. The molecule has 2 fully saturated rings. The van der Waals surface area contributed by atoms with Gasteiger partial charge >= 0.3 is 0 Å². The molecule has 0 radical (unpaired) electrons. The summed E-state index contributed by atoms with van der Waals surface area (Å²) < 4.78 is 27.5. The Kier molecular flexibility index (Phi) is 4.18. The molecule has 1 aliphatic carbocycles. The molecule has 3 unspecified atom stereocenters. The highest BCUT2D eigenvalue weighted by Crippen LogP contribution is 2.43. The lowest BCUT2D eigenvalue weighted by Gasteiger charge is -2.32. The van der Waals surface area contributed by atoms with Crippen molar-refractivity contribution in [3.05, 3.63) is 29.3 Å². The highest BCUT2D eigenvalue weighted by molar-refractivity contribution is 7.89. The summed E-state index contributed by atoms with van der Waals surface area (Å²) in [6.45, 7) is 0. The number of fused-ring (bicyclic) bond motifs is 1. The molecule has 2 aliphatic rings. The molecule has 3 rings (SSSR count). The van der Waals surface area contributed by atoms with Gasteiger partial charge in [-0.05, 0) is 37.3 Å². The third-order valence-electron chi connectivity index (χ3n) is 4.75. The fourth-order valence-corrected chi connectivity index (χ4v) is 6.15. The first kappa shape index (κ1) is 15.8. The van der Waals surface area contributed by atoms with E-state index in [4.69, 9.17) is 17.3 Å². The van der Waals surface area contributed by atoms with Gasteiger partial charge in [-0.15, -0.1) is 0 Å². The third-order valence-corrected chi connectivity index (χ3v) is 7.18. The van der Waals surface area contributed by atoms with Gasteiger partial charge < -0.3 is 5.73 Å². The number of hydrogen-bond donors (Lipinski definition) is 1. The molecule has 1 saturated carbocycles. The lowest BCUT2D eigenvalue weighted by molar-refractivity contribution is -0.121. The Bertz CT molecular complexity index is 692. The Morgan fingerprint density at radius 1 is 1.23 bits per heavy atom. The van der Waals surface area contributed by atoms with Crippen LogP contribution in [0.2, 0.25) is 5.02 Å². The number of sulfonamides is 1. The molecule has 7 heteroatoms. The Balaban J connectivity index is 2.06. The second kappa shape index (κ2) is 5.83. The molecule has 1 amide bonds. The zero-order valence-electron chi connectivity index (χ0n) is 12.1. The van der Waals surface area contributed by atoms with Crippen LogP contribution in [0.15, 0.2) is 29.2 Å². The van der Waals surface area contributed by atoms with E-state index in [2.05, 4.69) is 0 Å². The summed E-state index contributed by atoms with van der Waals surface area (Å²) in [5.74, 6) is -0.367. The number of primary amides is 1. The predicted molar refractivity (Wildman–Crippen MR) is 83.8 cm³/mol. The summed E-state index contributed by atoms with van der Waals surface area (Å²) in [5, 5.41) is 0.171. The van der Waals surface area contributed by atoms with Crippen LogP contribution in [-0.2, 0) is 14.8 Å². The molecule has 0 aromatic heterocycles. The van der Waals surface area contributed by atoms with Gasteiger partial charge in [0.05, 0.1) is 5.02 Å². The van der Waals surface area contributed by atoms with Gasteiger partial charge in [-0.25, -0.2) is 8.42 Å². The van der Waals surface area contributed by atoms with Crippen LogP contribution >= 0.6 is 11.6 Å². The number of carbonyl (C=O) groups excluding carboxylic acids is 1. The van der Waals surface area contributed by atoms with Crippen molar-refractivity contribution >= 4 is 27.5 Å². The summed E-state index contributed by atoms with van der Waals surface area (Å²) >= 11 is 6.07. The minimum Gasteiger partial charge on any atom is -0.368 e. The molecule has 3 atom stereocenters. The first-order valence-electron chi connectivity index (χ1n) is 7.50. The number of nitrogens with zero attached hydrogens (tertiary/aromatic N) is 1. The molecule has 2 N–H and O–H groups in total. The van der Waals surface area contributed by atoms with Crippen LogP contribution in [0, 0.1) is 5.92 Å². The number of nitrogens with two attached hydrogens (primary N) is 1. The fraction of sp³-hybridized carbons (Fsp3) is 0.533. The number of rotatable bonds is 3. The van der Waals surface area contributed by atoms with Crippen LogP contribution in [0.5, 0.6) is 0 Å². The SMILES string of the molecule is NC(=O)C1CC2CCCCC2N1S(=O)(=O)c1ccccc1Cl. The van der Waals surface area contributed by atoms with Crippen LogP contribution < -0.4 is 5.73 Å². The van der Waals surface area contributed by atoms with Crippen LogP contribution in [-0.4, -0.2) is 30.7 Å². The molecule has 0 bridgehead atoms. The van der Waals surface area contributed by atoms with Gasteiger partial charge in [0.1, 0.15) is 10.9 Å². The van der Waals surface area contributed by atoms with Gasteiger partial charge in [-0.2, -0.15) is 4.31 Å². The fourth-order valence-electron chi connectivity index (χ4n) is 3.77. The summed E-state index contributed by atoms with van der Waals surface area (Å²) in [6.07, 6.45) is 4.29. The van der Waals surface area contributed by atoms with Gasteiger partial charge in [0.25, 0.3) is 0 Å². The largest absolute Gasteiger partial charge is 0.368 e. The van der Waals surface area contributed by atoms with Crippen molar-refractivity contribution in [2.24, 2.45) is 11.7 Å². The average molecular weight is 343 g/mol. The van der Waals surface area contributed by atoms with E-state index in [9.17, 15) is 13.2 Å². The highest BCUT2D eigenvalue weighted by atomic mass is 35.5. The molecule has 22 heavy (non-hydrogen) atoms. The zero-order chi connectivity index (χ0) is 15.9. The van der Waals surface area contributed by atoms with Gasteiger partial charge in [0.2, 0.25) is 15.9 Å². The number of carbonyl (C=O) groups is 1. The van der Waals surface area contributed by atoms with E-state index in [-0.39, 0.29) is 21.9 Å². The van der Waals surface area contributed by atoms with E-state index in [1.165, 1.54) is 10.4 Å². The zero-order valence-corrected chi connectivity index (χ0v) is 13.7. The normalized spacial score (nSPS) is 29.2. The second-order valence-electron chi connectivity index (χ2n) is 6.03. The molecule has 1 aromatic carbocycles. The Morgan fingerprint density at radius 2 is 1.91 bits per heavy atom. The van der Waals surface area contributed by atoms with Gasteiger partial charge in [0.15, 0.2) is 0 Å². The van der Waals surface area contributed by atoms with E-state index in [1.54, 1.807) is 18.2 Å². The molecular weight excluding hydrogens is 324 g/mol. The summed E-state index contributed by atoms with van der Waals surface area (Å²) in [5.41, 5.74) is 5.48. The number of halogens is 1. The smallest absolute Gasteiger partial charge is 0.245 e. The maximum Gasteiger partial charge on any atom is 0.245 e. The molecule has 1 saturated heterocycles. The molecule has 1 heterocycles. The lowest BCUT2D eigenvalue weighted by atomic mass is 9.85. The van der Waals surface area contributed by atoms with Crippen LogP contribution in [0.4, 0.5) is 0 Å². The summed E-state index contributed by atoms with van der Waals surface area (Å²) in [4.78, 5) is 11.9. The maximum absolute atomic E-state index is 13.1. The minimum atomic E-state index is -3.83. The highest BCUT2D eigenvalue weighted by Gasteiger charge is 2.50. The van der Waals surface area contributed by atoms with Crippen molar-refractivity contribution in [3.8, 4) is 0 Å².